The van der Waals surface area contributed by atoms with Gasteiger partial charge in [-0.05, 0) is 50.4 Å². The summed E-state index contributed by atoms with van der Waals surface area (Å²) < 4.78 is 25.7. The minimum Gasteiger partial charge on any atom is -0.378 e. The Morgan fingerprint density at radius 2 is 1.93 bits per heavy atom. The quantitative estimate of drug-likeness (QED) is 0.759. The van der Waals surface area contributed by atoms with E-state index >= 15 is 0 Å². The Bertz CT molecular complexity index is 1010. The highest BCUT2D eigenvalue weighted by molar-refractivity contribution is 7.88. The second-order valence-corrected chi connectivity index (χ2v) is 10.7. The average Bonchev–Trinajstić information content (AvgIpc) is 2.71. The fraction of sp³-hybridized carbons (Fsp3) is 0.545. The summed E-state index contributed by atoms with van der Waals surface area (Å²) in [6, 6.07) is 10.9. The Hall–Kier alpha value is -2.03. The summed E-state index contributed by atoms with van der Waals surface area (Å²) in [4.78, 5) is 14.0. The van der Waals surface area contributed by atoms with E-state index < -0.39 is 10.0 Å². The highest BCUT2D eigenvalue weighted by Crippen LogP contribution is 2.41. The number of hydrogen-bond donors (Lipinski definition) is 1. The van der Waals surface area contributed by atoms with Crippen LogP contribution in [0.4, 0.5) is 5.69 Å². The van der Waals surface area contributed by atoms with E-state index in [1.54, 1.807) is 0 Å². The van der Waals surface area contributed by atoms with Crippen LogP contribution in [0.15, 0.2) is 30.3 Å². The van der Waals surface area contributed by atoms with E-state index in [-0.39, 0.29) is 6.04 Å². The molecule has 162 valence electrons. The predicted molar refractivity (Wildman–Crippen MR) is 120 cm³/mol. The average molecular weight is 430 g/mol. The zero-order valence-electron chi connectivity index (χ0n) is 18.2. The number of benzene rings is 1. The predicted octanol–water partition coefficient (Wildman–Crippen LogP) is 2.25. The molecule has 4 heterocycles. The first kappa shape index (κ1) is 21.2. The van der Waals surface area contributed by atoms with Gasteiger partial charge in [0.05, 0.1) is 11.9 Å². The minimum atomic E-state index is -3.16. The molecule has 2 bridgehead atoms. The molecule has 3 aliphatic rings. The number of aryl methyl sites for hydroxylation is 1. The van der Waals surface area contributed by atoms with E-state index in [1.807, 2.05) is 21.0 Å². The van der Waals surface area contributed by atoms with Crippen LogP contribution in [0.3, 0.4) is 0 Å². The van der Waals surface area contributed by atoms with Gasteiger partial charge in [0.15, 0.2) is 0 Å². The molecule has 1 aromatic heterocycles. The molecule has 8 heteroatoms. The molecule has 0 aliphatic carbocycles. The van der Waals surface area contributed by atoms with E-state index in [9.17, 15) is 8.42 Å². The van der Waals surface area contributed by atoms with Gasteiger partial charge in [-0.1, -0.05) is 12.1 Å². The molecule has 1 unspecified atom stereocenters. The van der Waals surface area contributed by atoms with Crippen LogP contribution in [0, 0.1) is 12.8 Å². The maximum atomic E-state index is 11.5. The van der Waals surface area contributed by atoms with Crippen LogP contribution in [0.1, 0.15) is 30.3 Å². The lowest BCUT2D eigenvalue weighted by molar-refractivity contribution is 0.0317. The van der Waals surface area contributed by atoms with E-state index in [0.29, 0.717) is 18.4 Å². The standard InChI is InChI=1S/C22H31N5O2S/c1-15-24-21(16-5-7-18(8-6-16)26(2)3)12-22(25-15)20-14-27-10-9-17(20)11-19(27)13-23-30(4,28)29/h5-8,12,17,19-20,23H,9-11,13-14H2,1-4H3/t17-,19+,20+/m0/s1. The Kier molecular flexibility index (Phi) is 5.83. The number of fused-ring (bicyclic) bond motifs is 3. The molecule has 3 aliphatic heterocycles. The number of nitrogens with zero attached hydrogens (tertiary/aromatic N) is 4. The number of hydrogen-bond acceptors (Lipinski definition) is 6. The van der Waals surface area contributed by atoms with Gasteiger partial charge >= 0.3 is 0 Å². The number of aromatic nitrogens is 2. The van der Waals surface area contributed by atoms with Crippen LogP contribution >= 0.6 is 0 Å². The number of rotatable bonds is 6. The third-order valence-corrected chi connectivity index (χ3v) is 7.07. The molecule has 30 heavy (non-hydrogen) atoms. The van der Waals surface area contributed by atoms with Crippen molar-refractivity contribution in [3.8, 4) is 11.3 Å². The third-order valence-electron chi connectivity index (χ3n) is 6.38. The molecule has 2 aromatic rings. The lowest BCUT2D eigenvalue weighted by atomic mass is 9.74. The first-order chi connectivity index (χ1) is 14.2. The fourth-order valence-corrected chi connectivity index (χ4v) is 5.29. The van der Waals surface area contributed by atoms with Crippen molar-refractivity contribution in [2.75, 3.05) is 44.9 Å². The first-order valence-corrected chi connectivity index (χ1v) is 12.4. The summed E-state index contributed by atoms with van der Waals surface area (Å²) in [7, 11) is 0.915. The molecule has 1 aromatic carbocycles. The fourth-order valence-electron chi connectivity index (χ4n) is 4.79. The topological polar surface area (TPSA) is 78.4 Å². The maximum absolute atomic E-state index is 11.5. The Morgan fingerprint density at radius 3 is 2.53 bits per heavy atom. The SMILES string of the molecule is Cc1nc(-c2ccc(N(C)C)cc2)cc([C@@H]2CN3CC[C@H]2C[C@@H]3CNS(C)(=O)=O)n1. The van der Waals surface area contributed by atoms with Gasteiger partial charge in [-0.15, -0.1) is 0 Å². The Morgan fingerprint density at radius 1 is 1.20 bits per heavy atom. The molecule has 1 N–H and O–H groups in total. The van der Waals surface area contributed by atoms with Crippen molar-refractivity contribution >= 4 is 15.7 Å². The van der Waals surface area contributed by atoms with Gasteiger partial charge in [0.2, 0.25) is 10.0 Å². The van der Waals surface area contributed by atoms with Crippen molar-refractivity contribution in [3.05, 3.63) is 41.9 Å². The van der Waals surface area contributed by atoms with Gasteiger partial charge < -0.3 is 4.90 Å². The van der Waals surface area contributed by atoms with Crippen molar-refractivity contribution in [1.82, 2.24) is 19.6 Å². The second kappa shape index (κ2) is 8.24. The Balaban J connectivity index is 1.54. The van der Waals surface area contributed by atoms with E-state index in [1.165, 1.54) is 6.26 Å². The van der Waals surface area contributed by atoms with Crippen molar-refractivity contribution in [2.24, 2.45) is 5.92 Å². The van der Waals surface area contributed by atoms with Crippen LogP contribution in [0.5, 0.6) is 0 Å². The number of anilines is 1. The molecular weight excluding hydrogens is 398 g/mol. The van der Waals surface area contributed by atoms with E-state index in [0.717, 1.165) is 54.4 Å². The summed E-state index contributed by atoms with van der Waals surface area (Å²) in [5.74, 6) is 1.69. The summed E-state index contributed by atoms with van der Waals surface area (Å²) in [5.41, 5.74) is 4.34. The van der Waals surface area contributed by atoms with Crippen molar-refractivity contribution in [2.45, 2.75) is 31.7 Å². The van der Waals surface area contributed by atoms with Crippen molar-refractivity contribution in [1.29, 1.82) is 0 Å². The van der Waals surface area contributed by atoms with E-state index in [4.69, 9.17) is 9.97 Å². The van der Waals surface area contributed by atoms with Crippen LogP contribution in [0.25, 0.3) is 11.3 Å². The summed E-state index contributed by atoms with van der Waals surface area (Å²) in [6.45, 7) is 4.41. The normalized spacial score (nSPS) is 26.0. The number of piperidine rings is 3. The maximum Gasteiger partial charge on any atom is 0.208 e. The summed E-state index contributed by atoms with van der Waals surface area (Å²) in [5, 5.41) is 0. The third kappa shape index (κ3) is 4.66. The number of sulfonamides is 1. The lowest BCUT2D eigenvalue weighted by Crippen LogP contribution is -2.56. The molecule has 4 atom stereocenters. The van der Waals surface area contributed by atoms with Crippen molar-refractivity contribution < 1.29 is 8.42 Å². The van der Waals surface area contributed by atoms with Gasteiger partial charge in [-0.2, -0.15) is 0 Å². The van der Waals surface area contributed by atoms with Gasteiger partial charge in [-0.3, -0.25) is 4.90 Å². The summed E-state index contributed by atoms with van der Waals surface area (Å²) >= 11 is 0. The molecular formula is C22H31N5O2S. The van der Waals surface area contributed by atoms with Crippen LogP contribution < -0.4 is 9.62 Å². The molecule has 0 radical (unpaired) electrons. The second-order valence-electron chi connectivity index (χ2n) is 8.83. The van der Waals surface area contributed by atoms with Gasteiger partial charge in [0.25, 0.3) is 0 Å². The minimum absolute atomic E-state index is 0.274. The van der Waals surface area contributed by atoms with E-state index in [2.05, 4.69) is 44.9 Å². The zero-order chi connectivity index (χ0) is 21.5. The lowest BCUT2D eigenvalue weighted by Gasteiger charge is -2.49. The van der Waals surface area contributed by atoms with Crippen LogP contribution in [0.2, 0.25) is 0 Å². The van der Waals surface area contributed by atoms with Crippen LogP contribution in [-0.2, 0) is 10.0 Å². The molecule has 0 saturated carbocycles. The van der Waals surface area contributed by atoms with Gasteiger partial charge in [-0.25, -0.2) is 23.1 Å². The van der Waals surface area contributed by atoms with Crippen molar-refractivity contribution in [3.63, 3.8) is 0 Å². The smallest absolute Gasteiger partial charge is 0.208 e. The first-order valence-electron chi connectivity index (χ1n) is 10.5. The van der Waals surface area contributed by atoms with Gasteiger partial charge in [0, 0.05) is 56.1 Å². The molecule has 5 rings (SSSR count). The Labute approximate surface area is 179 Å². The summed E-state index contributed by atoms with van der Waals surface area (Å²) in [6.07, 6.45) is 3.36. The molecule has 0 spiro atoms. The monoisotopic (exact) mass is 429 g/mol. The highest BCUT2D eigenvalue weighted by atomic mass is 32.2. The zero-order valence-corrected chi connectivity index (χ0v) is 19.0. The molecule has 7 nitrogen and oxygen atoms in total. The molecule has 3 fully saturated rings. The number of nitrogens with one attached hydrogen (secondary N) is 1. The van der Waals surface area contributed by atoms with Crippen LogP contribution in [-0.4, -0.2) is 69.3 Å². The molecule has 3 saturated heterocycles. The largest absolute Gasteiger partial charge is 0.378 e. The van der Waals surface area contributed by atoms with Gasteiger partial charge in [0.1, 0.15) is 5.82 Å². The molecule has 0 amide bonds. The highest BCUT2D eigenvalue weighted by Gasteiger charge is 2.41.